The predicted octanol–water partition coefficient (Wildman–Crippen LogP) is 1.69. The second-order valence-corrected chi connectivity index (χ2v) is 10.9. The monoisotopic (exact) mass is 209 g/mol. The molecule has 0 aliphatic carbocycles. The fourth-order valence-corrected chi connectivity index (χ4v) is 8.80. The normalized spacial score (nSPS) is 33.5. The van der Waals surface area contributed by atoms with E-state index in [-0.39, 0.29) is 0 Å². The Morgan fingerprint density at radius 2 is 2.08 bits per heavy atom. The first-order valence-corrected chi connectivity index (χ1v) is 8.79. The quantitative estimate of drug-likeness (QED) is 0.707. The first-order valence-electron chi connectivity index (χ1n) is 4.69. The molecular formula is C10H15NSSi. The zero-order valence-corrected chi connectivity index (χ0v) is 9.90. The van der Waals surface area contributed by atoms with Crippen LogP contribution in [0.15, 0.2) is 30.3 Å². The van der Waals surface area contributed by atoms with E-state index in [1.54, 1.807) is 0 Å². The highest BCUT2D eigenvalue weighted by Gasteiger charge is 2.37. The molecule has 2 unspecified atom stereocenters. The number of benzene rings is 1. The molecule has 1 N–H and O–H groups in total. The third-order valence-corrected chi connectivity index (χ3v) is 9.60. The molecule has 3 heteroatoms. The maximum atomic E-state index is 3.70. The second-order valence-electron chi connectivity index (χ2n) is 3.71. The SMILES string of the molecule is CC1CN[Si](C)(c2ccccc2)S1. The molecule has 1 nitrogen and oxygen atoms in total. The van der Waals surface area contributed by atoms with Gasteiger partial charge in [-0.2, -0.15) is 11.2 Å². The van der Waals surface area contributed by atoms with Gasteiger partial charge in [0.2, 0.25) is 7.38 Å². The van der Waals surface area contributed by atoms with Crippen LogP contribution in [-0.4, -0.2) is 19.2 Å². The van der Waals surface area contributed by atoms with Crippen LogP contribution in [-0.2, 0) is 0 Å². The molecule has 0 bridgehead atoms. The van der Waals surface area contributed by atoms with Crippen LogP contribution >= 0.6 is 11.2 Å². The van der Waals surface area contributed by atoms with E-state index in [2.05, 4.69) is 60.0 Å². The average molecular weight is 209 g/mol. The third-order valence-electron chi connectivity index (χ3n) is 2.49. The van der Waals surface area contributed by atoms with Gasteiger partial charge in [0.25, 0.3) is 0 Å². The lowest BCUT2D eigenvalue weighted by atomic mass is 10.4. The summed E-state index contributed by atoms with van der Waals surface area (Å²) in [5.74, 6) is 0. The second kappa shape index (κ2) is 3.48. The van der Waals surface area contributed by atoms with Crippen LogP contribution in [0.2, 0.25) is 6.55 Å². The Hall–Kier alpha value is -0.253. The topological polar surface area (TPSA) is 12.0 Å². The molecule has 1 aliphatic heterocycles. The summed E-state index contributed by atoms with van der Waals surface area (Å²) in [6.45, 7) is 5.87. The van der Waals surface area contributed by atoms with Crippen molar-refractivity contribution in [3.63, 3.8) is 0 Å². The van der Waals surface area contributed by atoms with Gasteiger partial charge in [-0.15, -0.1) is 0 Å². The minimum Gasteiger partial charge on any atom is -0.325 e. The van der Waals surface area contributed by atoms with Crippen LogP contribution < -0.4 is 10.2 Å². The summed E-state index contributed by atoms with van der Waals surface area (Å²) < 4.78 is 0. The molecule has 2 atom stereocenters. The smallest absolute Gasteiger partial charge is 0.217 e. The maximum Gasteiger partial charge on any atom is 0.217 e. The van der Waals surface area contributed by atoms with Crippen molar-refractivity contribution in [2.75, 3.05) is 6.54 Å². The molecule has 0 saturated carbocycles. The van der Waals surface area contributed by atoms with E-state index < -0.39 is 7.38 Å². The highest BCUT2D eigenvalue weighted by Crippen LogP contribution is 2.27. The highest BCUT2D eigenvalue weighted by molar-refractivity contribution is 8.30. The Morgan fingerprint density at radius 1 is 1.38 bits per heavy atom. The molecule has 1 aromatic carbocycles. The molecule has 0 spiro atoms. The molecule has 1 fully saturated rings. The summed E-state index contributed by atoms with van der Waals surface area (Å²) in [6, 6.07) is 10.9. The van der Waals surface area contributed by atoms with E-state index in [4.69, 9.17) is 0 Å². The minimum absolute atomic E-state index is 0.775. The minimum atomic E-state index is -1.36. The third kappa shape index (κ3) is 1.82. The van der Waals surface area contributed by atoms with Crippen molar-refractivity contribution >= 4 is 23.8 Å². The number of rotatable bonds is 1. The number of nitrogens with one attached hydrogen (secondary N) is 1. The molecule has 1 aliphatic rings. The van der Waals surface area contributed by atoms with Crippen LogP contribution in [0.25, 0.3) is 0 Å². The van der Waals surface area contributed by atoms with Crippen LogP contribution in [0.4, 0.5) is 0 Å². The fourth-order valence-electron chi connectivity index (χ4n) is 1.75. The summed E-state index contributed by atoms with van der Waals surface area (Å²) in [6.07, 6.45) is 0. The maximum absolute atomic E-state index is 3.70. The van der Waals surface area contributed by atoms with Gasteiger partial charge in [-0.1, -0.05) is 37.3 Å². The molecular weight excluding hydrogens is 194 g/mol. The summed E-state index contributed by atoms with van der Waals surface area (Å²) in [7, 11) is -1.36. The zero-order chi connectivity index (χ0) is 9.31. The number of hydrogen-bond donors (Lipinski definition) is 1. The van der Waals surface area contributed by atoms with E-state index in [0.717, 1.165) is 5.25 Å². The van der Waals surface area contributed by atoms with Gasteiger partial charge in [-0.3, -0.25) is 0 Å². The molecule has 0 amide bonds. The van der Waals surface area contributed by atoms with Gasteiger partial charge in [0.05, 0.1) is 0 Å². The van der Waals surface area contributed by atoms with Crippen molar-refractivity contribution in [3.05, 3.63) is 30.3 Å². The number of hydrogen-bond acceptors (Lipinski definition) is 2. The van der Waals surface area contributed by atoms with Crippen LogP contribution in [0, 0.1) is 0 Å². The molecule has 70 valence electrons. The van der Waals surface area contributed by atoms with Crippen molar-refractivity contribution in [2.24, 2.45) is 0 Å². The van der Waals surface area contributed by atoms with Crippen LogP contribution in [0.3, 0.4) is 0 Å². The Bertz CT molecular complexity index is 290. The average Bonchev–Trinajstić information content (AvgIpc) is 2.49. The molecule has 13 heavy (non-hydrogen) atoms. The summed E-state index contributed by atoms with van der Waals surface area (Å²) in [5, 5.41) is 2.29. The van der Waals surface area contributed by atoms with Crippen molar-refractivity contribution in [1.29, 1.82) is 0 Å². The van der Waals surface area contributed by atoms with E-state index >= 15 is 0 Å². The molecule has 1 saturated heterocycles. The van der Waals surface area contributed by atoms with E-state index in [1.807, 2.05) is 0 Å². The first-order chi connectivity index (χ1) is 6.21. The summed E-state index contributed by atoms with van der Waals surface area (Å²) in [4.78, 5) is 3.70. The lowest BCUT2D eigenvalue weighted by Crippen LogP contribution is -2.51. The van der Waals surface area contributed by atoms with E-state index in [1.165, 1.54) is 11.7 Å². The lowest BCUT2D eigenvalue weighted by Gasteiger charge is -2.20. The zero-order valence-electron chi connectivity index (χ0n) is 8.08. The van der Waals surface area contributed by atoms with Gasteiger partial charge in [-0.05, 0) is 11.7 Å². The van der Waals surface area contributed by atoms with E-state index in [0.29, 0.717) is 0 Å². The Morgan fingerprint density at radius 3 is 2.62 bits per heavy atom. The lowest BCUT2D eigenvalue weighted by molar-refractivity contribution is 0.895. The van der Waals surface area contributed by atoms with Gasteiger partial charge in [0.1, 0.15) is 0 Å². The van der Waals surface area contributed by atoms with Crippen LogP contribution in [0.1, 0.15) is 6.92 Å². The first kappa shape index (κ1) is 9.31. The van der Waals surface area contributed by atoms with Gasteiger partial charge >= 0.3 is 0 Å². The van der Waals surface area contributed by atoms with Gasteiger partial charge in [-0.25, -0.2) is 0 Å². The van der Waals surface area contributed by atoms with Crippen molar-refractivity contribution in [3.8, 4) is 0 Å². The molecule has 0 radical (unpaired) electrons. The standard InChI is InChI=1S/C10H15NSSi/c1-9-8-11-13(2,12-9)10-6-4-3-5-7-10/h3-7,9,11H,8H2,1-2H3. The predicted molar refractivity (Wildman–Crippen MR) is 62.7 cm³/mol. The highest BCUT2D eigenvalue weighted by atomic mass is 32.4. The van der Waals surface area contributed by atoms with Crippen molar-refractivity contribution in [1.82, 2.24) is 4.98 Å². The van der Waals surface area contributed by atoms with Gasteiger partial charge in [0, 0.05) is 11.8 Å². The molecule has 1 heterocycles. The summed E-state index contributed by atoms with van der Waals surface area (Å²) in [5.41, 5.74) is 0. The Kier molecular flexibility index (Phi) is 2.49. The Labute approximate surface area is 84.7 Å². The van der Waals surface area contributed by atoms with Crippen LogP contribution in [0.5, 0.6) is 0 Å². The molecule has 1 aromatic rings. The Balaban J connectivity index is 2.26. The molecule has 0 aromatic heterocycles. The largest absolute Gasteiger partial charge is 0.325 e. The van der Waals surface area contributed by atoms with Crippen molar-refractivity contribution in [2.45, 2.75) is 18.7 Å². The fraction of sp³-hybridized carbons (Fsp3) is 0.400. The van der Waals surface area contributed by atoms with Crippen molar-refractivity contribution < 1.29 is 0 Å². The molecule has 2 rings (SSSR count). The van der Waals surface area contributed by atoms with Gasteiger partial charge in [0.15, 0.2) is 0 Å². The van der Waals surface area contributed by atoms with Gasteiger partial charge < -0.3 is 4.98 Å². The van der Waals surface area contributed by atoms with E-state index in [9.17, 15) is 0 Å². The summed E-state index contributed by atoms with van der Waals surface area (Å²) >= 11 is 2.15.